The van der Waals surface area contributed by atoms with Crippen LogP contribution in [-0.2, 0) is 4.79 Å². The van der Waals surface area contributed by atoms with Gasteiger partial charge in [0.1, 0.15) is 0 Å². The van der Waals surface area contributed by atoms with Gasteiger partial charge in [-0.15, -0.1) is 0 Å². The molecule has 0 spiro atoms. The summed E-state index contributed by atoms with van der Waals surface area (Å²) in [6.07, 6.45) is 7.21. The maximum absolute atomic E-state index is 11.6. The van der Waals surface area contributed by atoms with Gasteiger partial charge in [-0.3, -0.25) is 4.79 Å². The predicted molar refractivity (Wildman–Crippen MR) is 73.5 cm³/mol. The van der Waals surface area contributed by atoms with Gasteiger partial charge in [-0.25, -0.2) is 0 Å². The van der Waals surface area contributed by atoms with Gasteiger partial charge in [0.15, 0.2) is 0 Å². The number of carbonyl (C=O) groups excluding carboxylic acids is 1. The highest BCUT2D eigenvalue weighted by Gasteiger charge is 2.23. The van der Waals surface area contributed by atoms with E-state index >= 15 is 0 Å². The van der Waals surface area contributed by atoms with E-state index in [0.717, 1.165) is 0 Å². The molecule has 1 heterocycles. The Labute approximate surface area is 110 Å². The van der Waals surface area contributed by atoms with Crippen LogP contribution in [0.15, 0.2) is 0 Å². The SMILES string of the molecule is CCCN1CCCC(NCC(=O)NC2CC2)CC1. The first-order valence-electron chi connectivity index (χ1n) is 7.53. The summed E-state index contributed by atoms with van der Waals surface area (Å²) in [4.78, 5) is 14.2. The van der Waals surface area contributed by atoms with Crippen LogP contribution in [0.2, 0.25) is 0 Å². The van der Waals surface area contributed by atoms with E-state index in [1.54, 1.807) is 0 Å². The maximum Gasteiger partial charge on any atom is 0.234 e. The van der Waals surface area contributed by atoms with Crippen LogP contribution in [0.25, 0.3) is 0 Å². The van der Waals surface area contributed by atoms with Crippen LogP contribution in [-0.4, -0.2) is 49.1 Å². The van der Waals surface area contributed by atoms with Crippen molar-refractivity contribution in [1.82, 2.24) is 15.5 Å². The van der Waals surface area contributed by atoms with Gasteiger partial charge < -0.3 is 15.5 Å². The number of nitrogens with one attached hydrogen (secondary N) is 2. The van der Waals surface area contributed by atoms with E-state index in [4.69, 9.17) is 0 Å². The Kier molecular flexibility index (Phi) is 5.45. The molecule has 4 nitrogen and oxygen atoms in total. The minimum Gasteiger partial charge on any atom is -0.352 e. The topological polar surface area (TPSA) is 44.4 Å². The molecule has 1 atom stereocenters. The summed E-state index contributed by atoms with van der Waals surface area (Å²) in [6, 6.07) is 1.00. The summed E-state index contributed by atoms with van der Waals surface area (Å²) >= 11 is 0. The molecule has 0 aromatic heterocycles. The third-order valence-electron chi connectivity index (χ3n) is 3.85. The van der Waals surface area contributed by atoms with Crippen LogP contribution in [0.4, 0.5) is 0 Å². The second-order valence-electron chi connectivity index (χ2n) is 5.69. The summed E-state index contributed by atoms with van der Waals surface area (Å²) in [7, 11) is 0. The van der Waals surface area contributed by atoms with Gasteiger partial charge >= 0.3 is 0 Å². The summed E-state index contributed by atoms with van der Waals surface area (Å²) in [6.45, 7) is 6.35. The molecule has 2 N–H and O–H groups in total. The molecule has 1 unspecified atom stereocenters. The molecule has 2 rings (SSSR count). The molecule has 1 aliphatic heterocycles. The third kappa shape index (κ3) is 4.94. The molecule has 1 amide bonds. The van der Waals surface area contributed by atoms with Gasteiger partial charge in [0.2, 0.25) is 5.91 Å². The molecule has 4 heteroatoms. The lowest BCUT2D eigenvalue weighted by Crippen LogP contribution is -2.40. The second-order valence-corrected chi connectivity index (χ2v) is 5.69. The molecule has 0 aromatic rings. The fraction of sp³-hybridized carbons (Fsp3) is 0.929. The number of rotatable bonds is 6. The van der Waals surface area contributed by atoms with Crippen molar-refractivity contribution < 1.29 is 4.79 Å². The molecule has 1 aliphatic carbocycles. The Bertz CT molecular complexity index is 266. The normalized spacial score (nSPS) is 25.7. The van der Waals surface area contributed by atoms with Gasteiger partial charge in [-0.1, -0.05) is 6.92 Å². The van der Waals surface area contributed by atoms with Gasteiger partial charge in [0.05, 0.1) is 6.54 Å². The van der Waals surface area contributed by atoms with Crippen molar-refractivity contribution in [3.8, 4) is 0 Å². The van der Waals surface area contributed by atoms with Crippen molar-refractivity contribution in [3.05, 3.63) is 0 Å². The Balaban J connectivity index is 1.61. The fourth-order valence-electron chi connectivity index (χ4n) is 2.64. The van der Waals surface area contributed by atoms with E-state index in [1.165, 1.54) is 58.2 Å². The summed E-state index contributed by atoms with van der Waals surface area (Å²) in [5.41, 5.74) is 0. The van der Waals surface area contributed by atoms with Crippen LogP contribution in [0, 0.1) is 0 Å². The van der Waals surface area contributed by atoms with Crippen molar-refractivity contribution >= 4 is 5.91 Å². The van der Waals surface area contributed by atoms with Gasteiger partial charge in [-0.05, 0) is 58.2 Å². The lowest BCUT2D eigenvalue weighted by atomic mass is 10.1. The summed E-state index contributed by atoms with van der Waals surface area (Å²) in [5.74, 6) is 0.173. The van der Waals surface area contributed by atoms with Gasteiger partial charge in [0.25, 0.3) is 0 Å². The van der Waals surface area contributed by atoms with Crippen molar-refractivity contribution in [1.29, 1.82) is 0 Å². The minimum atomic E-state index is 0.173. The quantitative estimate of drug-likeness (QED) is 0.745. The molecular weight excluding hydrogens is 226 g/mol. The molecule has 0 aromatic carbocycles. The second kappa shape index (κ2) is 7.10. The summed E-state index contributed by atoms with van der Waals surface area (Å²) in [5, 5.41) is 6.44. The highest BCUT2D eigenvalue weighted by atomic mass is 16.2. The maximum atomic E-state index is 11.6. The monoisotopic (exact) mass is 253 g/mol. The van der Waals surface area contributed by atoms with Crippen LogP contribution < -0.4 is 10.6 Å². The average molecular weight is 253 g/mol. The van der Waals surface area contributed by atoms with E-state index in [0.29, 0.717) is 18.6 Å². The fourth-order valence-corrected chi connectivity index (χ4v) is 2.64. The lowest BCUT2D eigenvalue weighted by molar-refractivity contribution is -0.120. The van der Waals surface area contributed by atoms with Crippen molar-refractivity contribution in [2.45, 2.75) is 57.5 Å². The van der Waals surface area contributed by atoms with E-state index in [2.05, 4.69) is 22.5 Å². The van der Waals surface area contributed by atoms with E-state index < -0.39 is 0 Å². The number of amides is 1. The Morgan fingerprint density at radius 1 is 1.17 bits per heavy atom. The van der Waals surface area contributed by atoms with Crippen molar-refractivity contribution in [3.63, 3.8) is 0 Å². The van der Waals surface area contributed by atoms with Gasteiger partial charge in [-0.2, -0.15) is 0 Å². The molecule has 2 fully saturated rings. The summed E-state index contributed by atoms with van der Waals surface area (Å²) < 4.78 is 0. The van der Waals surface area contributed by atoms with Crippen LogP contribution in [0.3, 0.4) is 0 Å². The molecule has 0 bridgehead atoms. The Morgan fingerprint density at radius 2 is 2.00 bits per heavy atom. The molecular formula is C14H27N3O. The zero-order chi connectivity index (χ0) is 12.8. The number of carbonyl (C=O) groups is 1. The largest absolute Gasteiger partial charge is 0.352 e. The van der Waals surface area contributed by atoms with Gasteiger partial charge in [0, 0.05) is 12.1 Å². The number of hydrogen-bond donors (Lipinski definition) is 2. The zero-order valence-corrected chi connectivity index (χ0v) is 11.6. The molecule has 0 radical (unpaired) electrons. The minimum absolute atomic E-state index is 0.173. The van der Waals surface area contributed by atoms with Crippen LogP contribution in [0.1, 0.15) is 45.4 Å². The number of likely N-dealkylation sites (tertiary alicyclic amines) is 1. The Morgan fingerprint density at radius 3 is 2.72 bits per heavy atom. The van der Waals surface area contributed by atoms with Crippen molar-refractivity contribution in [2.75, 3.05) is 26.2 Å². The average Bonchev–Trinajstić information content (AvgIpc) is 3.15. The van der Waals surface area contributed by atoms with Crippen molar-refractivity contribution in [2.24, 2.45) is 0 Å². The Hall–Kier alpha value is -0.610. The molecule has 104 valence electrons. The number of nitrogens with zero attached hydrogens (tertiary/aromatic N) is 1. The third-order valence-corrected chi connectivity index (χ3v) is 3.85. The predicted octanol–water partition coefficient (Wildman–Crippen LogP) is 1.12. The first-order valence-corrected chi connectivity index (χ1v) is 7.53. The molecule has 2 aliphatic rings. The van der Waals surface area contributed by atoms with Crippen LogP contribution >= 0.6 is 0 Å². The lowest BCUT2D eigenvalue weighted by Gasteiger charge is -2.19. The highest BCUT2D eigenvalue weighted by Crippen LogP contribution is 2.18. The molecule has 1 saturated carbocycles. The van der Waals surface area contributed by atoms with E-state index in [1.807, 2.05) is 0 Å². The zero-order valence-electron chi connectivity index (χ0n) is 11.6. The van der Waals surface area contributed by atoms with Crippen LogP contribution in [0.5, 0.6) is 0 Å². The first kappa shape index (κ1) is 13.8. The molecule has 18 heavy (non-hydrogen) atoms. The number of hydrogen-bond acceptors (Lipinski definition) is 3. The van der Waals surface area contributed by atoms with E-state index in [9.17, 15) is 4.79 Å². The van der Waals surface area contributed by atoms with E-state index in [-0.39, 0.29) is 5.91 Å². The first-order chi connectivity index (χ1) is 8.78. The molecule has 1 saturated heterocycles. The highest BCUT2D eigenvalue weighted by molar-refractivity contribution is 5.78. The smallest absolute Gasteiger partial charge is 0.234 e. The standard InChI is InChI=1S/C14H27N3O/c1-2-8-17-9-3-4-12(7-10-17)15-11-14(18)16-13-5-6-13/h12-13,15H,2-11H2,1H3,(H,16,18).